The number of unbranched alkanes of at least 4 members (excludes halogenated alkanes) is 2. The summed E-state index contributed by atoms with van der Waals surface area (Å²) in [5, 5.41) is 12.5. The minimum Gasteiger partial charge on any atom is -0.493 e. The fourth-order valence-corrected chi connectivity index (χ4v) is 9.98. The van der Waals surface area contributed by atoms with Crippen molar-refractivity contribution in [2.45, 2.75) is 93.7 Å². The predicted octanol–water partition coefficient (Wildman–Crippen LogP) is 6.58. The number of methoxy groups -OCH3 is 2. The van der Waals surface area contributed by atoms with Crippen LogP contribution in [0, 0.1) is 5.41 Å². The molecule has 4 aliphatic heterocycles. The van der Waals surface area contributed by atoms with Crippen LogP contribution >= 0.6 is 21.6 Å². The second-order valence-corrected chi connectivity index (χ2v) is 18.9. The predicted molar refractivity (Wildman–Crippen MR) is 226 cm³/mol. The van der Waals surface area contributed by atoms with Gasteiger partial charge < -0.3 is 38.6 Å². The van der Waals surface area contributed by atoms with Crippen LogP contribution in [0.1, 0.15) is 63.2 Å². The monoisotopic (exact) mass is 847 g/mol. The van der Waals surface area contributed by atoms with Crippen molar-refractivity contribution >= 4 is 51.4 Å². The lowest BCUT2D eigenvalue weighted by Gasteiger charge is -2.34. The zero-order valence-electron chi connectivity index (χ0n) is 34.2. The molecule has 1 aliphatic carbocycles. The smallest absolute Gasteiger partial charge is 0.416 e. The van der Waals surface area contributed by atoms with Crippen molar-refractivity contribution in [1.82, 2.24) is 19.7 Å². The van der Waals surface area contributed by atoms with Gasteiger partial charge in [0.1, 0.15) is 23.8 Å². The number of aliphatic hydroxyl groups is 1. The fourth-order valence-electron chi connectivity index (χ4n) is 8.11. The van der Waals surface area contributed by atoms with E-state index in [-0.39, 0.29) is 52.9 Å². The van der Waals surface area contributed by atoms with Crippen LogP contribution in [0.4, 0.5) is 10.5 Å². The van der Waals surface area contributed by atoms with Crippen LogP contribution in [0.25, 0.3) is 0 Å². The Balaban J connectivity index is 0.960. The molecule has 7 rings (SSSR count). The van der Waals surface area contributed by atoms with Crippen molar-refractivity contribution in [3.63, 3.8) is 0 Å². The average Bonchev–Trinajstić information content (AvgIpc) is 3.73. The third-order valence-electron chi connectivity index (χ3n) is 11.0. The van der Waals surface area contributed by atoms with Crippen molar-refractivity contribution in [2.24, 2.45) is 10.4 Å². The molecule has 6 atom stereocenters. The highest BCUT2D eigenvalue weighted by Crippen LogP contribution is 2.42. The lowest BCUT2D eigenvalue weighted by Crippen LogP contribution is -2.49. The maximum atomic E-state index is 14.0. The van der Waals surface area contributed by atoms with E-state index in [1.807, 2.05) is 36.2 Å². The van der Waals surface area contributed by atoms with Crippen LogP contribution in [-0.4, -0.2) is 132 Å². The average molecular weight is 848 g/mol. The van der Waals surface area contributed by atoms with Gasteiger partial charge in [0.05, 0.1) is 48.3 Å². The standard InChI is InChI=1S/C43H53N5O9S2/c1-26-16-33-41(51)48(42(52)57-24-27(2)58-59-38-12-8-9-13-44-38)32-20-37(35(54-6)18-30(32)40(50)46(33)23-26)56-15-11-7-10-14-55-36-19-31-29(17-34(36)53-5)39(49)47-25-43(3,4)21-28(47)22-45-31/h8-9,12-13,17-20,22,27-28,33,35,37,41,51H,1,7,10-11,14-16,21,23-25H2,2-6H3/t27-,28+,33+,35?,37?,41+/m1/s1. The Labute approximate surface area is 353 Å². The number of pyridine rings is 1. The number of aliphatic imine (C=N–C) groups is 1. The van der Waals surface area contributed by atoms with Gasteiger partial charge >= 0.3 is 6.09 Å². The van der Waals surface area contributed by atoms with E-state index in [1.54, 1.807) is 49.6 Å². The van der Waals surface area contributed by atoms with Gasteiger partial charge in [0, 0.05) is 50.5 Å². The van der Waals surface area contributed by atoms with Crippen molar-refractivity contribution in [1.29, 1.82) is 0 Å². The summed E-state index contributed by atoms with van der Waals surface area (Å²) < 4.78 is 29.6. The summed E-state index contributed by atoms with van der Waals surface area (Å²) in [6.45, 7) is 12.1. The molecule has 0 bridgehead atoms. The van der Waals surface area contributed by atoms with Crippen LogP contribution in [0.15, 0.2) is 82.1 Å². The molecule has 0 saturated carbocycles. The number of hydrogen-bond donors (Lipinski definition) is 1. The second-order valence-electron chi connectivity index (χ2n) is 16.2. The van der Waals surface area contributed by atoms with Gasteiger partial charge in [0.2, 0.25) is 0 Å². The summed E-state index contributed by atoms with van der Waals surface area (Å²) in [7, 11) is 6.11. The van der Waals surface area contributed by atoms with Gasteiger partial charge in [-0.15, -0.1) is 0 Å². The molecule has 3 fully saturated rings. The molecule has 1 aromatic heterocycles. The van der Waals surface area contributed by atoms with Crippen molar-refractivity contribution < 1.29 is 43.2 Å². The molecule has 5 heterocycles. The van der Waals surface area contributed by atoms with E-state index in [0.717, 1.165) is 29.9 Å². The molecule has 1 aromatic carbocycles. The summed E-state index contributed by atoms with van der Waals surface area (Å²) in [5.74, 6) is 0.638. The van der Waals surface area contributed by atoms with Crippen LogP contribution in [-0.2, 0) is 19.0 Å². The molecule has 2 unspecified atom stereocenters. The number of fused-ring (bicyclic) bond motifs is 4. The Morgan fingerprint density at radius 3 is 2.63 bits per heavy atom. The maximum absolute atomic E-state index is 14.0. The fraction of sp³-hybridized carbons (Fsp3) is 0.512. The zero-order valence-corrected chi connectivity index (χ0v) is 35.8. The molecule has 0 radical (unpaired) electrons. The first kappa shape index (κ1) is 42.8. The summed E-state index contributed by atoms with van der Waals surface area (Å²) in [5.41, 5.74) is 2.37. The summed E-state index contributed by atoms with van der Waals surface area (Å²) in [6.07, 6.45) is 6.97. The van der Waals surface area contributed by atoms with Crippen LogP contribution < -0.4 is 9.47 Å². The summed E-state index contributed by atoms with van der Waals surface area (Å²) in [6, 6.07) is 8.45. The van der Waals surface area contributed by atoms with Crippen LogP contribution in [0.5, 0.6) is 11.5 Å². The van der Waals surface area contributed by atoms with E-state index in [1.165, 1.54) is 26.5 Å². The molecule has 16 heteroatoms. The first-order chi connectivity index (χ1) is 28.4. The number of nitrogens with zero attached hydrogens (tertiary/aromatic N) is 5. The number of aliphatic hydroxyl groups excluding tert-OH is 1. The maximum Gasteiger partial charge on any atom is 0.416 e. The summed E-state index contributed by atoms with van der Waals surface area (Å²) in [4.78, 5) is 55.0. The van der Waals surface area contributed by atoms with Crippen LogP contribution in [0.2, 0.25) is 0 Å². The second kappa shape index (κ2) is 18.5. The van der Waals surface area contributed by atoms with Crippen molar-refractivity contribution in [3.8, 4) is 11.5 Å². The highest BCUT2D eigenvalue weighted by Gasteiger charge is 2.49. The lowest BCUT2D eigenvalue weighted by atomic mass is 9.91. The normalized spacial score (nSPS) is 24.9. The number of hydrogen-bond acceptors (Lipinski definition) is 13. The van der Waals surface area contributed by atoms with E-state index in [4.69, 9.17) is 23.7 Å². The largest absolute Gasteiger partial charge is 0.493 e. The third-order valence-corrected chi connectivity index (χ3v) is 13.8. The Kier molecular flexibility index (Phi) is 13.4. The van der Waals surface area contributed by atoms with Crippen molar-refractivity contribution in [3.05, 3.63) is 77.7 Å². The SMILES string of the molecule is C=C1C[C@H]2[C@H](O)N(C(=O)OC[C@@H](C)SSc3ccccn3)C3=CC(OCCCCCOc4cc5c(cc4OC)C(=O)N4CC(C)(C)C[C@H]4C=N5)C(OC)C=C3C(=O)N2C1. The Morgan fingerprint density at radius 1 is 1.05 bits per heavy atom. The highest BCUT2D eigenvalue weighted by molar-refractivity contribution is 8.76. The molecule has 316 valence electrons. The van der Waals surface area contributed by atoms with Gasteiger partial charge in [0.15, 0.2) is 17.7 Å². The van der Waals surface area contributed by atoms with Gasteiger partial charge in [-0.1, -0.05) is 42.9 Å². The number of carbonyl (C=O) groups is 3. The molecule has 3 saturated heterocycles. The lowest BCUT2D eigenvalue weighted by molar-refractivity contribution is -0.130. The van der Waals surface area contributed by atoms with E-state index in [0.29, 0.717) is 55.4 Å². The number of rotatable bonds is 15. The van der Waals surface area contributed by atoms with E-state index < -0.39 is 30.6 Å². The Bertz CT molecular complexity index is 2010. The van der Waals surface area contributed by atoms with Crippen molar-refractivity contribution in [2.75, 3.05) is 47.1 Å². The number of carbonyl (C=O) groups excluding carboxylic acids is 3. The van der Waals surface area contributed by atoms with Gasteiger partial charge in [-0.3, -0.25) is 14.6 Å². The van der Waals surface area contributed by atoms with Gasteiger partial charge in [-0.2, -0.15) is 0 Å². The van der Waals surface area contributed by atoms with E-state index >= 15 is 0 Å². The molecular formula is C43H53N5O9S2. The number of aromatic nitrogens is 1. The first-order valence-corrected chi connectivity index (χ1v) is 22.2. The number of ether oxygens (including phenoxy) is 5. The molecule has 0 spiro atoms. The topological polar surface area (TPSA) is 153 Å². The molecule has 3 amide bonds. The molecule has 2 aromatic rings. The zero-order chi connectivity index (χ0) is 41.8. The van der Waals surface area contributed by atoms with Gasteiger partial charge in [0.25, 0.3) is 11.8 Å². The highest BCUT2D eigenvalue weighted by atomic mass is 33.1. The molecule has 59 heavy (non-hydrogen) atoms. The Hall–Kier alpha value is -4.35. The minimum absolute atomic E-state index is 0.0330. The quantitative estimate of drug-likeness (QED) is 0.117. The summed E-state index contributed by atoms with van der Waals surface area (Å²) >= 11 is 0. The van der Waals surface area contributed by atoms with E-state index in [9.17, 15) is 19.5 Å². The number of amides is 3. The number of benzene rings is 1. The van der Waals surface area contributed by atoms with Gasteiger partial charge in [-0.25, -0.2) is 14.7 Å². The molecule has 1 N–H and O–H groups in total. The van der Waals surface area contributed by atoms with E-state index in [2.05, 4.69) is 30.4 Å². The first-order valence-electron chi connectivity index (χ1n) is 20.0. The van der Waals surface area contributed by atoms with Crippen LogP contribution in [0.3, 0.4) is 0 Å². The molecular weight excluding hydrogens is 795 g/mol. The Morgan fingerprint density at radius 2 is 1.86 bits per heavy atom. The molecule has 5 aliphatic rings. The molecule has 14 nitrogen and oxygen atoms in total. The third kappa shape index (κ3) is 9.51. The minimum atomic E-state index is -1.37. The van der Waals surface area contributed by atoms with Gasteiger partial charge in [-0.05, 0) is 85.6 Å².